The highest BCUT2D eigenvalue weighted by Crippen LogP contribution is 2.17. The lowest BCUT2D eigenvalue weighted by molar-refractivity contribution is -0.156. The standard InChI is InChI=1S/C28H53NO4/c1-5-21-25(24-30)29-26(31)22-19-17-15-13-11-9-7-8-10-12-14-16-18-20-23-27(32)33-28(3,4)6-2/h24-25H,5-23H2,1-4H3,(H,29,31)/t25-/m0/s1. The summed E-state index contributed by atoms with van der Waals surface area (Å²) in [5.74, 6) is -0.0402. The maximum atomic E-state index is 11.8. The van der Waals surface area contributed by atoms with Crippen LogP contribution in [0.2, 0.25) is 0 Å². The van der Waals surface area contributed by atoms with E-state index in [0.717, 1.165) is 51.2 Å². The Labute approximate surface area is 204 Å². The number of esters is 1. The molecule has 0 saturated carbocycles. The van der Waals surface area contributed by atoms with Crippen LogP contribution in [-0.2, 0) is 19.1 Å². The second-order valence-electron chi connectivity index (χ2n) is 10.1. The third kappa shape index (κ3) is 20.9. The number of ether oxygens (including phenoxy) is 1. The molecule has 0 bridgehead atoms. The maximum Gasteiger partial charge on any atom is 0.306 e. The number of rotatable bonds is 23. The highest BCUT2D eigenvalue weighted by atomic mass is 16.6. The number of unbranched alkanes of at least 4 members (excludes halogenated alkanes) is 13. The van der Waals surface area contributed by atoms with Crippen LogP contribution in [0.4, 0.5) is 0 Å². The van der Waals surface area contributed by atoms with Crippen LogP contribution in [-0.4, -0.2) is 29.8 Å². The summed E-state index contributed by atoms with van der Waals surface area (Å²) in [7, 11) is 0. The lowest BCUT2D eigenvalue weighted by Gasteiger charge is -2.23. The topological polar surface area (TPSA) is 72.5 Å². The van der Waals surface area contributed by atoms with Crippen LogP contribution in [0.3, 0.4) is 0 Å². The Balaban J connectivity index is 3.34. The van der Waals surface area contributed by atoms with Crippen LogP contribution < -0.4 is 5.32 Å². The Morgan fingerprint density at radius 2 is 1.18 bits per heavy atom. The Morgan fingerprint density at radius 3 is 1.58 bits per heavy atom. The Kier molecular flexibility index (Phi) is 20.3. The molecule has 5 heteroatoms. The molecule has 33 heavy (non-hydrogen) atoms. The number of amides is 1. The molecule has 1 N–H and O–H groups in total. The van der Waals surface area contributed by atoms with Crippen molar-refractivity contribution in [1.29, 1.82) is 0 Å². The second-order valence-corrected chi connectivity index (χ2v) is 10.1. The first-order valence-electron chi connectivity index (χ1n) is 13.8. The van der Waals surface area contributed by atoms with Gasteiger partial charge in [0.05, 0.1) is 6.04 Å². The fourth-order valence-electron chi connectivity index (χ4n) is 3.87. The highest BCUT2D eigenvalue weighted by molar-refractivity contribution is 5.79. The van der Waals surface area contributed by atoms with Gasteiger partial charge in [-0.1, -0.05) is 97.3 Å². The van der Waals surface area contributed by atoms with Gasteiger partial charge in [-0.25, -0.2) is 0 Å². The van der Waals surface area contributed by atoms with E-state index >= 15 is 0 Å². The molecule has 0 aromatic rings. The van der Waals surface area contributed by atoms with Crippen molar-refractivity contribution >= 4 is 18.2 Å². The summed E-state index contributed by atoms with van der Waals surface area (Å²) in [6.07, 6.45) is 21.3. The minimum Gasteiger partial charge on any atom is -0.460 e. The summed E-state index contributed by atoms with van der Waals surface area (Å²) in [5, 5.41) is 2.81. The predicted octanol–water partition coefficient (Wildman–Crippen LogP) is 7.44. The van der Waals surface area contributed by atoms with E-state index < -0.39 is 0 Å². The van der Waals surface area contributed by atoms with Gasteiger partial charge in [-0.05, 0) is 39.5 Å². The SMILES string of the molecule is CCC[C@@H](C=O)NC(=O)CCCCCCCCCCCCCCCCC(=O)OC(C)(C)CC. The zero-order valence-corrected chi connectivity index (χ0v) is 22.2. The van der Waals surface area contributed by atoms with E-state index in [0.29, 0.717) is 12.8 Å². The highest BCUT2D eigenvalue weighted by Gasteiger charge is 2.19. The van der Waals surface area contributed by atoms with E-state index in [2.05, 4.69) is 5.32 Å². The van der Waals surface area contributed by atoms with Crippen molar-refractivity contribution in [2.24, 2.45) is 0 Å². The monoisotopic (exact) mass is 467 g/mol. The molecular weight excluding hydrogens is 414 g/mol. The zero-order valence-electron chi connectivity index (χ0n) is 22.2. The molecule has 0 fully saturated rings. The molecule has 0 radical (unpaired) electrons. The molecule has 0 aromatic carbocycles. The molecule has 0 rings (SSSR count). The van der Waals surface area contributed by atoms with Crippen molar-refractivity contribution in [3.8, 4) is 0 Å². The summed E-state index contributed by atoms with van der Waals surface area (Å²) >= 11 is 0. The second kappa shape index (κ2) is 21.2. The Hall–Kier alpha value is -1.39. The number of carbonyl (C=O) groups is 3. The summed E-state index contributed by atoms with van der Waals surface area (Å²) in [5.41, 5.74) is -0.328. The predicted molar refractivity (Wildman–Crippen MR) is 137 cm³/mol. The molecule has 5 nitrogen and oxygen atoms in total. The van der Waals surface area contributed by atoms with Gasteiger partial charge in [0, 0.05) is 12.8 Å². The van der Waals surface area contributed by atoms with Gasteiger partial charge in [0.25, 0.3) is 0 Å². The molecule has 1 amide bonds. The average Bonchev–Trinajstić information content (AvgIpc) is 2.78. The largest absolute Gasteiger partial charge is 0.460 e. The number of nitrogens with one attached hydrogen (secondary N) is 1. The minimum atomic E-state index is -0.328. The van der Waals surface area contributed by atoms with Crippen molar-refractivity contribution in [3.05, 3.63) is 0 Å². The van der Waals surface area contributed by atoms with Crippen molar-refractivity contribution in [3.63, 3.8) is 0 Å². The van der Waals surface area contributed by atoms with E-state index in [9.17, 15) is 14.4 Å². The van der Waals surface area contributed by atoms with Gasteiger partial charge >= 0.3 is 5.97 Å². The van der Waals surface area contributed by atoms with Gasteiger partial charge in [0.2, 0.25) is 5.91 Å². The van der Waals surface area contributed by atoms with Crippen LogP contribution in [0.25, 0.3) is 0 Å². The summed E-state index contributed by atoms with van der Waals surface area (Å²) in [4.78, 5) is 34.5. The summed E-state index contributed by atoms with van der Waals surface area (Å²) in [6.45, 7) is 7.99. The molecule has 0 aromatic heterocycles. The summed E-state index contributed by atoms with van der Waals surface area (Å²) < 4.78 is 5.47. The lowest BCUT2D eigenvalue weighted by atomic mass is 10.0. The van der Waals surface area contributed by atoms with Crippen LogP contribution in [0.5, 0.6) is 0 Å². The smallest absolute Gasteiger partial charge is 0.306 e. The quantitative estimate of drug-likeness (QED) is 0.0962. The third-order valence-electron chi connectivity index (χ3n) is 6.39. The van der Waals surface area contributed by atoms with Gasteiger partial charge in [-0.3, -0.25) is 9.59 Å². The van der Waals surface area contributed by atoms with Crippen molar-refractivity contribution in [2.75, 3.05) is 0 Å². The van der Waals surface area contributed by atoms with Crippen molar-refractivity contribution < 1.29 is 19.1 Å². The van der Waals surface area contributed by atoms with Crippen molar-refractivity contribution in [1.82, 2.24) is 5.32 Å². The first kappa shape index (κ1) is 31.6. The van der Waals surface area contributed by atoms with E-state index in [1.807, 2.05) is 27.7 Å². The average molecular weight is 468 g/mol. The number of aldehydes is 1. The maximum absolute atomic E-state index is 11.8. The molecule has 0 aliphatic carbocycles. The van der Waals surface area contributed by atoms with Crippen LogP contribution in [0.15, 0.2) is 0 Å². The number of hydrogen-bond donors (Lipinski definition) is 1. The van der Waals surface area contributed by atoms with Gasteiger partial charge in [0.1, 0.15) is 11.9 Å². The number of hydrogen-bond acceptors (Lipinski definition) is 4. The summed E-state index contributed by atoms with van der Waals surface area (Å²) in [6, 6.07) is -0.309. The fraction of sp³-hybridized carbons (Fsp3) is 0.893. The molecule has 194 valence electrons. The fourth-order valence-corrected chi connectivity index (χ4v) is 3.87. The normalized spacial score (nSPS) is 12.4. The van der Waals surface area contributed by atoms with Gasteiger partial charge in [0.15, 0.2) is 0 Å². The molecule has 0 unspecified atom stereocenters. The molecule has 1 atom stereocenters. The first-order valence-corrected chi connectivity index (χ1v) is 13.8. The van der Waals surface area contributed by atoms with E-state index in [4.69, 9.17) is 4.74 Å². The third-order valence-corrected chi connectivity index (χ3v) is 6.39. The molecular formula is C28H53NO4. The number of carbonyl (C=O) groups excluding carboxylic acids is 3. The van der Waals surface area contributed by atoms with Gasteiger partial charge in [-0.15, -0.1) is 0 Å². The van der Waals surface area contributed by atoms with Crippen LogP contribution >= 0.6 is 0 Å². The van der Waals surface area contributed by atoms with Crippen molar-refractivity contribution in [2.45, 2.75) is 161 Å². The molecule has 0 spiro atoms. The molecule has 0 aliphatic heterocycles. The van der Waals surface area contributed by atoms with E-state index in [1.54, 1.807) is 0 Å². The lowest BCUT2D eigenvalue weighted by Crippen LogP contribution is -2.35. The van der Waals surface area contributed by atoms with Gasteiger partial charge in [-0.2, -0.15) is 0 Å². The Bertz CT molecular complexity index is 504. The van der Waals surface area contributed by atoms with E-state index in [-0.39, 0.29) is 23.5 Å². The first-order chi connectivity index (χ1) is 15.8. The van der Waals surface area contributed by atoms with E-state index in [1.165, 1.54) is 64.2 Å². The van der Waals surface area contributed by atoms with Crippen LogP contribution in [0, 0.1) is 0 Å². The molecule has 0 heterocycles. The molecule has 0 saturated heterocycles. The minimum absolute atomic E-state index is 0.0130. The van der Waals surface area contributed by atoms with Crippen LogP contribution in [0.1, 0.15) is 150 Å². The zero-order chi connectivity index (χ0) is 24.8. The molecule has 0 aliphatic rings. The van der Waals surface area contributed by atoms with Gasteiger partial charge < -0.3 is 14.8 Å². The Morgan fingerprint density at radius 1 is 0.758 bits per heavy atom.